The first-order valence-corrected chi connectivity index (χ1v) is 8.41. The number of carbonyl (C=O) groups is 2. The minimum atomic E-state index is -1.03. The minimum Gasteiger partial charge on any atom is -0.429 e. The lowest BCUT2D eigenvalue weighted by Gasteiger charge is -2.19. The van der Waals surface area contributed by atoms with E-state index in [1.807, 2.05) is 0 Å². The van der Waals surface area contributed by atoms with E-state index in [9.17, 15) is 9.59 Å². The first-order chi connectivity index (χ1) is 12.9. The van der Waals surface area contributed by atoms with Crippen LogP contribution in [0.4, 0.5) is 11.5 Å². The van der Waals surface area contributed by atoms with E-state index in [2.05, 4.69) is 9.97 Å². The molecular formula is C19H22N4O4. The second-order valence-corrected chi connectivity index (χ2v) is 5.52. The number of benzene rings is 1. The maximum atomic E-state index is 12.6. The Hall–Kier alpha value is -3.26. The zero-order valence-electron chi connectivity index (χ0n) is 15.5. The van der Waals surface area contributed by atoms with Gasteiger partial charge in [-0.1, -0.05) is 18.2 Å². The summed E-state index contributed by atoms with van der Waals surface area (Å²) in [6.45, 7) is 5.38. The van der Waals surface area contributed by atoms with E-state index in [1.165, 1.54) is 11.1 Å². The summed E-state index contributed by atoms with van der Waals surface area (Å²) in [5, 5.41) is 0. The van der Waals surface area contributed by atoms with Gasteiger partial charge in [-0.2, -0.15) is 0 Å². The molecule has 1 unspecified atom stereocenters. The molecule has 1 atom stereocenters. The number of rotatable bonds is 6. The van der Waals surface area contributed by atoms with Crippen molar-refractivity contribution in [3.05, 3.63) is 54.1 Å². The van der Waals surface area contributed by atoms with Gasteiger partial charge in [-0.05, 0) is 39.0 Å². The third-order valence-corrected chi connectivity index (χ3v) is 3.37. The zero-order valence-corrected chi connectivity index (χ0v) is 15.5. The molecule has 8 heteroatoms. The standard InChI is InChI=1S/C19H22N4O4/c1-4-26-14(3)27-19(25)18(24)23(16-8-6-5-7-9-16)11-10-15-12-17(20)22-13(2)21-15/h5-12,14H,4H2,1-3H3,(H2,20,21,22)/b11-10+. The Kier molecular flexibility index (Phi) is 7.01. The van der Waals surface area contributed by atoms with Gasteiger partial charge in [-0.3, -0.25) is 9.69 Å². The number of aryl methyl sites for hydroxylation is 1. The fraction of sp³-hybridized carbons (Fsp3) is 0.263. The number of aromatic nitrogens is 2. The molecule has 2 N–H and O–H groups in total. The van der Waals surface area contributed by atoms with Crippen molar-refractivity contribution in [2.75, 3.05) is 17.2 Å². The molecule has 1 aromatic carbocycles. The molecule has 0 radical (unpaired) electrons. The molecule has 0 aliphatic rings. The molecule has 0 saturated carbocycles. The number of amides is 1. The molecule has 0 aliphatic heterocycles. The van der Waals surface area contributed by atoms with Crippen LogP contribution in [-0.4, -0.2) is 34.7 Å². The van der Waals surface area contributed by atoms with E-state index >= 15 is 0 Å². The SMILES string of the molecule is CCOC(C)OC(=O)C(=O)N(/C=C/c1cc(N)nc(C)n1)c1ccccc1. The molecule has 0 fully saturated rings. The third kappa shape index (κ3) is 5.89. The largest absolute Gasteiger partial charge is 0.429 e. The van der Waals surface area contributed by atoms with Crippen LogP contribution >= 0.6 is 0 Å². The number of anilines is 2. The summed E-state index contributed by atoms with van der Waals surface area (Å²) in [4.78, 5) is 34.2. The Morgan fingerprint density at radius 1 is 1.26 bits per heavy atom. The monoisotopic (exact) mass is 370 g/mol. The van der Waals surface area contributed by atoms with Crippen molar-refractivity contribution in [1.82, 2.24) is 9.97 Å². The summed E-state index contributed by atoms with van der Waals surface area (Å²) in [6.07, 6.45) is 2.18. The quantitative estimate of drug-likeness (QED) is 0.472. The van der Waals surface area contributed by atoms with Gasteiger partial charge in [-0.15, -0.1) is 0 Å². The van der Waals surface area contributed by atoms with E-state index < -0.39 is 18.2 Å². The first kappa shape index (κ1) is 20.1. The highest BCUT2D eigenvalue weighted by Crippen LogP contribution is 2.16. The van der Waals surface area contributed by atoms with Gasteiger partial charge in [0.05, 0.1) is 5.69 Å². The molecule has 8 nitrogen and oxygen atoms in total. The molecule has 142 valence electrons. The Morgan fingerprint density at radius 3 is 2.59 bits per heavy atom. The molecular weight excluding hydrogens is 348 g/mol. The molecule has 0 bridgehead atoms. The van der Waals surface area contributed by atoms with Gasteiger partial charge >= 0.3 is 11.9 Å². The smallest absolute Gasteiger partial charge is 0.400 e. The molecule has 2 aromatic rings. The van der Waals surface area contributed by atoms with E-state index in [-0.39, 0.29) is 0 Å². The van der Waals surface area contributed by atoms with Gasteiger partial charge in [0.1, 0.15) is 11.6 Å². The van der Waals surface area contributed by atoms with E-state index in [1.54, 1.807) is 63.2 Å². The number of hydrogen-bond donors (Lipinski definition) is 1. The van der Waals surface area contributed by atoms with Crippen LogP contribution in [0.3, 0.4) is 0 Å². The summed E-state index contributed by atoms with van der Waals surface area (Å²) in [5.41, 5.74) is 6.72. The zero-order chi connectivity index (χ0) is 19.8. The highest BCUT2D eigenvalue weighted by molar-refractivity contribution is 6.38. The molecule has 0 spiro atoms. The fourth-order valence-corrected chi connectivity index (χ4v) is 2.28. The van der Waals surface area contributed by atoms with Gasteiger partial charge in [-0.25, -0.2) is 14.8 Å². The van der Waals surface area contributed by atoms with Crippen LogP contribution in [0.15, 0.2) is 42.6 Å². The summed E-state index contributed by atoms with van der Waals surface area (Å²) in [5.74, 6) is -1.08. The average Bonchev–Trinajstić information content (AvgIpc) is 2.62. The number of carbonyl (C=O) groups excluding carboxylic acids is 2. The van der Waals surface area contributed by atoms with Gasteiger partial charge in [0, 0.05) is 24.6 Å². The predicted octanol–water partition coefficient (Wildman–Crippen LogP) is 2.30. The Balaban J connectivity index is 2.27. The maximum absolute atomic E-state index is 12.6. The summed E-state index contributed by atoms with van der Waals surface area (Å²) in [7, 11) is 0. The van der Waals surface area contributed by atoms with Crippen molar-refractivity contribution in [3.8, 4) is 0 Å². The van der Waals surface area contributed by atoms with Gasteiger partial charge < -0.3 is 15.2 Å². The van der Waals surface area contributed by atoms with Crippen molar-refractivity contribution >= 4 is 29.5 Å². The van der Waals surface area contributed by atoms with E-state index in [4.69, 9.17) is 15.2 Å². The van der Waals surface area contributed by atoms with Gasteiger partial charge in [0.15, 0.2) is 0 Å². The average molecular weight is 370 g/mol. The third-order valence-electron chi connectivity index (χ3n) is 3.37. The number of hydrogen-bond acceptors (Lipinski definition) is 7. The second kappa shape index (κ2) is 9.44. The number of ether oxygens (including phenoxy) is 2. The topological polar surface area (TPSA) is 108 Å². The Morgan fingerprint density at radius 2 is 1.96 bits per heavy atom. The van der Waals surface area contributed by atoms with Crippen LogP contribution in [-0.2, 0) is 19.1 Å². The molecule has 27 heavy (non-hydrogen) atoms. The van der Waals surface area contributed by atoms with E-state index in [0.29, 0.717) is 29.6 Å². The van der Waals surface area contributed by atoms with Gasteiger partial charge in [0.2, 0.25) is 6.29 Å². The molecule has 1 aromatic heterocycles. The summed E-state index contributed by atoms with van der Waals surface area (Å²) >= 11 is 0. The number of para-hydroxylation sites is 1. The summed E-state index contributed by atoms with van der Waals surface area (Å²) < 4.78 is 10.2. The first-order valence-electron chi connectivity index (χ1n) is 8.41. The van der Waals surface area contributed by atoms with Crippen LogP contribution in [0.25, 0.3) is 6.08 Å². The number of esters is 1. The van der Waals surface area contributed by atoms with E-state index in [0.717, 1.165) is 0 Å². The number of nitrogens with zero attached hydrogens (tertiary/aromatic N) is 3. The predicted molar refractivity (Wildman–Crippen MR) is 101 cm³/mol. The molecule has 1 amide bonds. The molecule has 0 saturated heterocycles. The lowest BCUT2D eigenvalue weighted by molar-refractivity contribution is -0.177. The van der Waals surface area contributed by atoms with Crippen molar-refractivity contribution in [2.24, 2.45) is 0 Å². The van der Waals surface area contributed by atoms with Crippen LogP contribution < -0.4 is 10.6 Å². The molecule has 1 heterocycles. The fourth-order valence-electron chi connectivity index (χ4n) is 2.28. The summed E-state index contributed by atoms with van der Waals surface area (Å²) in [6, 6.07) is 10.3. The lowest BCUT2D eigenvalue weighted by atomic mass is 10.3. The minimum absolute atomic E-state index is 0.310. The van der Waals surface area contributed by atoms with Gasteiger partial charge in [0.25, 0.3) is 0 Å². The second-order valence-electron chi connectivity index (χ2n) is 5.52. The Labute approximate surface area is 157 Å². The van der Waals surface area contributed by atoms with Crippen LogP contribution in [0.2, 0.25) is 0 Å². The number of nitrogen functional groups attached to an aromatic ring is 1. The number of nitrogens with two attached hydrogens (primary N) is 1. The van der Waals surface area contributed by atoms with Crippen molar-refractivity contribution in [1.29, 1.82) is 0 Å². The van der Waals surface area contributed by atoms with Crippen molar-refractivity contribution in [2.45, 2.75) is 27.1 Å². The highest BCUT2D eigenvalue weighted by Gasteiger charge is 2.25. The lowest BCUT2D eigenvalue weighted by Crippen LogP contribution is -2.36. The van der Waals surface area contributed by atoms with Crippen LogP contribution in [0, 0.1) is 6.92 Å². The normalized spacial score (nSPS) is 12.0. The Bertz CT molecular complexity index is 803. The highest BCUT2D eigenvalue weighted by atomic mass is 16.7. The van der Waals surface area contributed by atoms with Crippen LogP contribution in [0.5, 0.6) is 0 Å². The van der Waals surface area contributed by atoms with Crippen molar-refractivity contribution < 1.29 is 19.1 Å². The van der Waals surface area contributed by atoms with Crippen LogP contribution in [0.1, 0.15) is 25.4 Å². The molecule has 2 rings (SSSR count). The van der Waals surface area contributed by atoms with Crippen molar-refractivity contribution in [3.63, 3.8) is 0 Å². The molecule has 0 aliphatic carbocycles. The maximum Gasteiger partial charge on any atom is 0.400 e.